The number of anilines is 1. The summed E-state index contributed by atoms with van der Waals surface area (Å²) >= 11 is 9.12. The van der Waals surface area contributed by atoms with Gasteiger partial charge in [0.2, 0.25) is 5.13 Å². The number of thioether (sulfide) groups is 1. The van der Waals surface area contributed by atoms with E-state index in [1.165, 1.54) is 0 Å². The van der Waals surface area contributed by atoms with Gasteiger partial charge >= 0.3 is 0 Å². The molecule has 124 valence electrons. The number of aromatic nitrogens is 2. The SMILES string of the molecule is Clc1cccc(OCCSc2nnc(NCC3CCCO3)s2)c1. The van der Waals surface area contributed by atoms with Crippen LogP contribution in [0.25, 0.3) is 0 Å². The van der Waals surface area contributed by atoms with E-state index >= 15 is 0 Å². The van der Waals surface area contributed by atoms with Gasteiger partial charge in [-0.2, -0.15) is 0 Å². The van der Waals surface area contributed by atoms with E-state index in [0.29, 0.717) is 17.7 Å². The molecule has 0 aliphatic carbocycles. The minimum absolute atomic E-state index is 0.307. The van der Waals surface area contributed by atoms with Crippen molar-refractivity contribution in [1.82, 2.24) is 10.2 Å². The maximum atomic E-state index is 5.92. The summed E-state index contributed by atoms with van der Waals surface area (Å²) in [5, 5.41) is 13.1. The van der Waals surface area contributed by atoms with E-state index in [4.69, 9.17) is 21.1 Å². The highest BCUT2D eigenvalue weighted by Gasteiger charge is 2.15. The van der Waals surface area contributed by atoms with Gasteiger partial charge in [-0.15, -0.1) is 10.2 Å². The summed E-state index contributed by atoms with van der Waals surface area (Å²) in [6.07, 6.45) is 2.57. The summed E-state index contributed by atoms with van der Waals surface area (Å²) in [6, 6.07) is 7.41. The van der Waals surface area contributed by atoms with Crippen LogP contribution in [0.1, 0.15) is 12.8 Å². The lowest BCUT2D eigenvalue weighted by atomic mass is 10.2. The first kappa shape index (κ1) is 16.8. The molecule has 0 spiro atoms. The number of rotatable bonds is 8. The number of halogens is 1. The molecular weight excluding hydrogens is 354 g/mol. The Kier molecular flexibility index (Phi) is 6.38. The molecule has 1 N–H and O–H groups in total. The zero-order valence-electron chi connectivity index (χ0n) is 12.5. The summed E-state index contributed by atoms with van der Waals surface area (Å²) in [4.78, 5) is 0. The fourth-order valence-corrected chi connectivity index (χ4v) is 4.02. The minimum atomic E-state index is 0.307. The Balaban J connectivity index is 1.35. The molecule has 0 saturated carbocycles. The van der Waals surface area contributed by atoms with Crippen molar-refractivity contribution < 1.29 is 9.47 Å². The van der Waals surface area contributed by atoms with Gasteiger partial charge in [0.1, 0.15) is 5.75 Å². The fourth-order valence-electron chi connectivity index (χ4n) is 2.19. The van der Waals surface area contributed by atoms with Crippen molar-refractivity contribution in [1.29, 1.82) is 0 Å². The minimum Gasteiger partial charge on any atom is -0.493 e. The van der Waals surface area contributed by atoms with Crippen LogP contribution in [0.4, 0.5) is 5.13 Å². The Bertz CT molecular complexity index is 620. The standard InChI is InChI=1S/C15H18ClN3O2S2/c16-11-3-1-4-12(9-11)21-7-8-22-15-19-18-14(23-15)17-10-13-5-2-6-20-13/h1,3-4,9,13H,2,5-8,10H2,(H,17,18). The Morgan fingerprint density at radius 3 is 3.22 bits per heavy atom. The van der Waals surface area contributed by atoms with Crippen LogP contribution < -0.4 is 10.1 Å². The van der Waals surface area contributed by atoms with Crippen molar-refractivity contribution in [2.45, 2.75) is 23.3 Å². The van der Waals surface area contributed by atoms with E-state index in [-0.39, 0.29) is 0 Å². The molecule has 1 fully saturated rings. The summed E-state index contributed by atoms with van der Waals surface area (Å²) in [5.41, 5.74) is 0. The van der Waals surface area contributed by atoms with E-state index in [2.05, 4.69) is 15.5 Å². The summed E-state index contributed by atoms with van der Waals surface area (Å²) < 4.78 is 12.2. The third-order valence-electron chi connectivity index (χ3n) is 3.29. The van der Waals surface area contributed by atoms with Crippen molar-refractivity contribution >= 4 is 39.8 Å². The van der Waals surface area contributed by atoms with E-state index in [1.807, 2.05) is 24.3 Å². The van der Waals surface area contributed by atoms with E-state index in [0.717, 1.165) is 47.0 Å². The zero-order valence-corrected chi connectivity index (χ0v) is 14.9. The number of benzene rings is 1. The first-order chi connectivity index (χ1) is 11.3. The number of ether oxygens (including phenoxy) is 2. The van der Waals surface area contributed by atoms with Gasteiger partial charge in [0.15, 0.2) is 4.34 Å². The normalized spacial score (nSPS) is 17.3. The van der Waals surface area contributed by atoms with Crippen LogP contribution >= 0.6 is 34.7 Å². The third-order valence-corrected chi connectivity index (χ3v) is 5.50. The van der Waals surface area contributed by atoms with E-state index < -0.39 is 0 Å². The largest absolute Gasteiger partial charge is 0.493 e. The van der Waals surface area contributed by atoms with Crippen LogP contribution in [0, 0.1) is 0 Å². The van der Waals surface area contributed by atoms with Crippen molar-refractivity contribution in [2.24, 2.45) is 0 Å². The maximum Gasteiger partial charge on any atom is 0.206 e. The zero-order chi connectivity index (χ0) is 15.9. The van der Waals surface area contributed by atoms with Crippen LogP contribution in [0.2, 0.25) is 5.02 Å². The van der Waals surface area contributed by atoms with Gasteiger partial charge in [-0.25, -0.2) is 0 Å². The molecule has 0 radical (unpaired) electrons. The lowest BCUT2D eigenvalue weighted by Crippen LogP contribution is -2.18. The lowest BCUT2D eigenvalue weighted by Gasteiger charge is -2.08. The Labute approximate surface area is 148 Å². The third kappa shape index (κ3) is 5.53. The van der Waals surface area contributed by atoms with Crippen molar-refractivity contribution in [2.75, 3.05) is 30.8 Å². The van der Waals surface area contributed by atoms with Gasteiger partial charge in [-0.3, -0.25) is 0 Å². The van der Waals surface area contributed by atoms with Gasteiger partial charge < -0.3 is 14.8 Å². The molecule has 1 atom stereocenters. The molecule has 2 heterocycles. The molecule has 8 heteroatoms. The summed E-state index contributed by atoms with van der Waals surface area (Å²) in [6.45, 7) is 2.27. The monoisotopic (exact) mass is 371 g/mol. The van der Waals surface area contributed by atoms with Gasteiger partial charge in [0.05, 0.1) is 12.7 Å². The molecule has 1 aromatic carbocycles. The topological polar surface area (TPSA) is 56.3 Å². The Hall–Kier alpha value is -1.02. The van der Waals surface area contributed by atoms with Crippen LogP contribution in [0.5, 0.6) is 5.75 Å². The smallest absolute Gasteiger partial charge is 0.206 e. The predicted molar refractivity (Wildman–Crippen MR) is 95.0 cm³/mol. The lowest BCUT2D eigenvalue weighted by molar-refractivity contribution is 0.120. The van der Waals surface area contributed by atoms with Crippen molar-refractivity contribution in [3.63, 3.8) is 0 Å². The molecule has 0 bridgehead atoms. The molecule has 1 unspecified atom stereocenters. The molecule has 1 aromatic heterocycles. The molecule has 5 nitrogen and oxygen atoms in total. The number of hydrogen-bond donors (Lipinski definition) is 1. The summed E-state index contributed by atoms with van der Waals surface area (Å²) in [5.74, 6) is 1.60. The van der Waals surface area contributed by atoms with Gasteiger partial charge in [-0.05, 0) is 31.0 Å². The number of hydrogen-bond acceptors (Lipinski definition) is 7. The molecule has 3 rings (SSSR count). The molecule has 2 aromatic rings. The molecule has 23 heavy (non-hydrogen) atoms. The second-order valence-electron chi connectivity index (χ2n) is 5.04. The average molecular weight is 372 g/mol. The first-order valence-electron chi connectivity index (χ1n) is 7.50. The van der Waals surface area contributed by atoms with Crippen molar-refractivity contribution in [3.8, 4) is 5.75 Å². The molecular formula is C15H18ClN3O2S2. The molecule has 0 amide bonds. The predicted octanol–water partition coefficient (Wildman–Crippen LogP) is 3.95. The number of nitrogens with zero attached hydrogens (tertiary/aromatic N) is 2. The number of nitrogens with one attached hydrogen (secondary N) is 1. The van der Waals surface area contributed by atoms with Crippen LogP contribution in [0.15, 0.2) is 28.6 Å². The van der Waals surface area contributed by atoms with Crippen LogP contribution in [-0.2, 0) is 4.74 Å². The highest BCUT2D eigenvalue weighted by molar-refractivity contribution is 8.01. The second kappa shape index (κ2) is 8.73. The van der Waals surface area contributed by atoms with Gasteiger partial charge in [0.25, 0.3) is 0 Å². The van der Waals surface area contributed by atoms with Crippen LogP contribution in [0.3, 0.4) is 0 Å². The first-order valence-corrected chi connectivity index (χ1v) is 9.68. The maximum absolute atomic E-state index is 5.92. The van der Waals surface area contributed by atoms with E-state index in [9.17, 15) is 0 Å². The quantitative estimate of drug-likeness (QED) is 0.560. The fraction of sp³-hybridized carbons (Fsp3) is 0.467. The Morgan fingerprint density at radius 1 is 1.43 bits per heavy atom. The van der Waals surface area contributed by atoms with Gasteiger partial charge in [0, 0.05) is 23.9 Å². The summed E-state index contributed by atoms with van der Waals surface area (Å²) in [7, 11) is 0. The highest BCUT2D eigenvalue weighted by Crippen LogP contribution is 2.26. The second-order valence-corrected chi connectivity index (χ2v) is 7.80. The highest BCUT2D eigenvalue weighted by atomic mass is 35.5. The molecule has 1 aliphatic heterocycles. The van der Waals surface area contributed by atoms with E-state index in [1.54, 1.807) is 23.1 Å². The average Bonchev–Trinajstić information content (AvgIpc) is 3.21. The van der Waals surface area contributed by atoms with Crippen molar-refractivity contribution in [3.05, 3.63) is 29.3 Å². The molecule has 1 aliphatic rings. The Morgan fingerprint density at radius 2 is 2.39 bits per heavy atom. The van der Waals surface area contributed by atoms with Crippen LogP contribution in [-0.4, -0.2) is 41.8 Å². The molecule has 1 saturated heterocycles. The van der Waals surface area contributed by atoms with Gasteiger partial charge in [-0.1, -0.05) is 40.8 Å².